The second kappa shape index (κ2) is 8.05. The molecular weight excluding hydrogens is 456 g/mol. The van der Waals surface area contributed by atoms with Gasteiger partial charge in [-0.15, -0.1) is 11.3 Å². The van der Waals surface area contributed by atoms with E-state index in [0.29, 0.717) is 18.8 Å². The number of rotatable bonds is 6. The molecule has 1 saturated heterocycles. The summed E-state index contributed by atoms with van der Waals surface area (Å²) in [4.78, 5) is 11.7. The van der Waals surface area contributed by atoms with Gasteiger partial charge in [0.15, 0.2) is 0 Å². The van der Waals surface area contributed by atoms with Crippen LogP contribution in [-0.4, -0.2) is 36.4 Å². The van der Waals surface area contributed by atoms with Crippen LogP contribution in [0.4, 0.5) is 11.4 Å². The Bertz CT molecular complexity index is 998. The minimum atomic E-state index is -3.72. The molecule has 0 radical (unpaired) electrons. The predicted octanol–water partition coefficient (Wildman–Crippen LogP) is 4.04. The first-order valence-electron chi connectivity index (χ1n) is 8.13. The van der Waals surface area contributed by atoms with Crippen LogP contribution in [0.1, 0.15) is 24.6 Å². The summed E-state index contributed by atoms with van der Waals surface area (Å²) >= 11 is 4.86. The zero-order valence-electron chi connectivity index (χ0n) is 14.4. The van der Waals surface area contributed by atoms with E-state index in [9.17, 15) is 18.5 Å². The Balaban J connectivity index is 1.89. The van der Waals surface area contributed by atoms with Gasteiger partial charge in [0.1, 0.15) is 5.69 Å². The van der Waals surface area contributed by atoms with Crippen molar-refractivity contribution in [3.63, 3.8) is 0 Å². The molecule has 0 unspecified atom stereocenters. The number of nitro groups is 1. The molecule has 2 aromatic rings. The Morgan fingerprint density at radius 2 is 2.00 bits per heavy atom. The van der Waals surface area contributed by atoms with Gasteiger partial charge in [0.05, 0.1) is 24.2 Å². The molecule has 1 aliphatic rings. The number of nitrogens with zero attached hydrogens (tertiary/aromatic N) is 3. The van der Waals surface area contributed by atoms with Crippen molar-refractivity contribution in [2.24, 2.45) is 5.10 Å². The molecule has 3 rings (SSSR count). The van der Waals surface area contributed by atoms with Crippen LogP contribution < -0.4 is 5.43 Å². The topological polar surface area (TPSA) is 105 Å². The summed E-state index contributed by atoms with van der Waals surface area (Å²) < 4.78 is 27.6. The summed E-state index contributed by atoms with van der Waals surface area (Å²) in [6.45, 7) is 2.66. The Morgan fingerprint density at radius 1 is 1.30 bits per heavy atom. The molecule has 2 heterocycles. The zero-order chi connectivity index (χ0) is 19.6. The van der Waals surface area contributed by atoms with E-state index in [1.165, 1.54) is 27.8 Å². The number of thiophene rings is 1. The third-order valence-electron chi connectivity index (χ3n) is 4.14. The Kier molecular flexibility index (Phi) is 5.94. The molecule has 1 fully saturated rings. The van der Waals surface area contributed by atoms with Crippen molar-refractivity contribution >= 4 is 54.4 Å². The number of benzene rings is 1. The van der Waals surface area contributed by atoms with Crippen LogP contribution in [0.25, 0.3) is 0 Å². The molecule has 11 heteroatoms. The number of sulfonamides is 1. The van der Waals surface area contributed by atoms with E-state index in [1.807, 2.05) is 12.1 Å². The molecule has 1 aromatic heterocycles. The second-order valence-electron chi connectivity index (χ2n) is 5.96. The van der Waals surface area contributed by atoms with Crippen LogP contribution in [-0.2, 0) is 10.0 Å². The van der Waals surface area contributed by atoms with E-state index >= 15 is 0 Å². The standard InChI is InChI=1S/C16H17BrN4O4S2/c1-11(15-6-7-16(17)26-15)18-19-13-5-4-12(10-14(13)21(22)23)27(24,25)20-8-2-3-9-20/h4-7,10,19H,2-3,8-9H2,1H3. The van der Waals surface area contributed by atoms with E-state index in [0.717, 1.165) is 27.6 Å². The van der Waals surface area contributed by atoms with Gasteiger partial charge in [-0.1, -0.05) is 0 Å². The van der Waals surface area contributed by atoms with E-state index in [1.54, 1.807) is 6.92 Å². The molecule has 0 amide bonds. The van der Waals surface area contributed by atoms with Crippen LogP contribution in [0.5, 0.6) is 0 Å². The monoisotopic (exact) mass is 472 g/mol. The number of hydrogen-bond acceptors (Lipinski definition) is 7. The van der Waals surface area contributed by atoms with E-state index < -0.39 is 14.9 Å². The average Bonchev–Trinajstić information content (AvgIpc) is 3.31. The van der Waals surface area contributed by atoms with Gasteiger partial charge in [-0.2, -0.15) is 9.41 Å². The van der Waals surface area contributed by atoms with Gasteiger partial charge in [-0.25, -0.2) is 8.42 Å². The highest BCUT2D eigenvalue weighted by Crippen LogP contribution is 2.30. The first-order valence-corrected chi connectivity index (χ1v) is 11.2. The van der Waals surface area contributed by atoms with Crippen LogP contribution >= 0.6 is 27.3 Å². The summed E-state index contributed by atoms with van der Waals surface area (Å²) in [5.41, 5.74) is 3.14. The largest absolute Gasteiger partial charge is 0.295 e. The summed E-state index contributed by atoms with van der Waals surface area (Å²) in [5.74, 6) is 0. The molecule has 1 aliphatic heterocycles. The minimum Gasteiger partial charge on any atom is -0.271 e. The average molecular weight is 473 g/mol. The van der Waals surface area contributed by atoms with Crippen molar-refractivity contribution in [1.29, 1.82) is 0 Å². The Hall–Kier alpha value is -1.82. The second-order valence-corrected chi connectivity index (χ2v) is 10.4. The summed E-state index contributed by atoms with van der Waals surface area (Å²) in [6, 6.07) is 7.61. The minimum absolute atomic E-state index is 0.0791. The molecule has 0 atom stereocenters. The first kappa shape index (κ1) is 19.9. The molecule has 0 spiro atoms. The van der Waals surface area contributed by atoms with Gasteiger partial charge < -0.3 is 0 Å². The molecule has 8 nitrogen and oxygen atoms in total. The summed E-state index contributed by atoms with van der Waals surface area (Å²) in [7, 11) is -3.72. The number of hydrogen-bond donors (Lipinski definition) is 1. The third-order valence-corrected chi connectivity index (χ3v) is 7.77. The molecule has 1 N–H and O–H groups in total. The van der Waals surface area contributed by atoms with Gasteiger partial charge in [0, 0.05) is 19.2 Å². The highest BCUT2D eigenvalue weighted by molar-refractivity contribution is 9.11. The fourth-order valence-electron chi connectivity index (χ4n) is 2.70. The smallest absolute Gasteiger partial charge is 0.271 e. The summed E-state index contributed by atoms with van der Waals surface area (Å²) in [5, 5.41) is 15.6. The van der Waals surface area contributed by atoms with Crippen molar-refractivity contribution in [1.82, 2.24) is 4.31 Å². The number of hydrazone groups is 1. The molecular formula is C16H17BrN4O4S2. The third kappa shape index (κ3) is 4.37. The Morgan fingerprint density at radius 3 is 2.59 bits per heavy atom. The zero-order valence-corrected chi connectivity index (χ0v) is 17.6. The normalized spacial score (nSPS) is 15.9. The number of halogens is 1. The fraction of sp³-hybridized carbons (Fsp3) is 0.312. The maximum atomic E-state index is 12.6. The molecule has 0 saturated carbocycles. The van der Waals surface area contributed by atoms with Crippen LogP contribution in [0.2, 0.25) is 0 Å². The number of nitro benzene ring substituents is 1. The highest BCUT2D eigenvalue weighted by atomic mass is 79.9. The van der Waals surface area contributed by atoms with Crippen LogP contribution in [0, 0.1) is 10.1 Å². The lowest BCUT2D eigenvalue weighted by atomic mass is 10.3. The van der Waals surface area contributed by atoms with E-state index in [2.05, 4.69) is 26.5 Å². The predicted molar refractivity (Wildman–Crippen MR) is 109 cm³/mol. The molecule has 0 bridgehead atoms. The number of nitrogens with one attached hydrogen (secondary N) is 1. The maximum Gasteiger partial charge on any atom is 0.295 e. The molecule has 1 aromatic carbocycles. The van der Waals surface area contributed by atoms with Gasteiger partial charge in [0.25, 0.3) is 5.69 Å². The first-order chi connectivity index (χ1) is 12.8. The van der Waals surface area contributed by atoms with Crippen molar-refractivity contribution in [3.05, 3.63) is 49.1 Å². The molecule has 0 aliphatic carbocycles. The highest BCUT2D eigenvalue weighted by Gasteiger charge is 2.29. The van der Waals surface area contributed by atoms with Crippen molar-refractivity contribution in [2.75, 3.05) is 18.5 Å². The molecule has 144 valence electrons. The fourth-order valence-corrected chi connectivity index (χ4v) is 5.57. The van der Waals surface area contributed by atoms with Gasteiger partial charge >= 0.3 is 0 Å². The maximum absolute atomic E-state index is 12.6. The lowest BCUT2D eigenvalue weighted by molar-refractivity contribution is -0.384. The lowest BCUT2D eigenvalue weighted by Gasteiger charge is -2.15. The van der Waals surface area contributed by atoms with Crippen molar-refractivity contribution in [2.45, 2.75) is 24.7 Å². The quantitative estimate of drug-likeness (QED) is 0.387. The van der Waals surface area contributed by atoms with Gasteiger partial charge in [0.2, 0.25) is 10.0 Å². The van der Waals surface area contributed by atoms with E-state index in [-0.39, 0.29) is 16.3 Å². The van der Waals surface area contributed by atoms with Crippen molar-refractivity contribution in [3.8, 4) is 0 Å². The van der Waals surface area contributed by atoms with E-state index in [4.69, 9.17) is 0 Å². The van der Waals surface area contributed by atoms with Crippen LogP contribution in [0.3, 0.4) is 0 Å². The molecule has 27 heavy (non-hydrogen) atoms. The van der Waals surface area contributed by atoms with Crippen molar-refractivity contribution < 1.29 is 13.3 Å². The lowest BCUT2D eigenvalue weighted by Crippen LogP contribution is -2.27. The van der Waals surface area contributed by atoms with Gasteiger partial charge in [-0.3, -0.25) is 15.5 Å². The Labute approximate surface area is 169 Å². The van der Waals surface area contributed by atoms with Crippen LogP contribution in [0.15, 0.2) is 44.1 Å². The van der Waals surface area contributed by atoms with Gasteiger partial charge in [-0.05, 0) is 60.0 Å². The number of anilines is 1. The SMILES string of the molecule is CC(=NNc1ccc(S(=O)(=O)N2CCCC2)cc1[N+](=O)[O-])c1ccc(Br)s1. The summed E-state index contributed by atoms with van der Waals surface area (Å²) in [6.07, 6.45) is 1.60.